The number of aliphatic carboxylic acids is 1. The van der Waals surface area contributed by atoms with Gasteiger partial charge in [-0.15, -0.1) is 0 Å². The van der Waals surface area contributed by atoms with Crippen LogP contribution in [0.15, 0.2) is 23.3 Å². The summed E-state index contributed by atoms with van der Waals surface area (Å²) in [6, 6.07) is -0.228. The van der Waals surface area contributed by atoms with Crippen LogP contribution in [0.4, 0.5) is 0 Å². The second-order valence-electron chi connectivity index (χ2n) is 16.9. The molecule has 11 nitrogen and oxygen atoms in total. The minimum atomic E-state index is -2.70. The van der Waals surface area contributed by atoms with Crippen molar-refractivity contribution in [2.24, 2.45) is 29.6 Å². The second kappa shape index (κ2) is 25.9. The predicted octanol–water partition coefficient (Wildman–Crippen LogP) is 7.09. The quantitative estimate of drug-likeness (QED) is 0.0474. The van der Waals surface area contributed by atoms with Crippen LogP contribution in [-0.4, -0.2) is 107 Å². The molecule has 0 aromatic heterocycles. The van der Waals surface area contributed by atoms with Crippen LogP contribution in [0.5, 0.6) is 0 Å². The van der Waals surface area contributed by atoms with E-state index in [0.717, 1.165) is 76.8 Å². The van der Waals surface area contributed by atoms with Crippen molar-refractivity contribution in [3.05, 3.63) is 23.3 Å². The highest BCUT2D eigenvalue weighted by Crippen LogP contribution is 2.30. The summed E-state index contributed by atoms with van der Waals surface area (Å²) in [6.45, 7) is 13.9. The molecule has 4 N–H and O–H groups in total. The molecule has 9 atom stereocenters. The number of Topliss-reactive ketones (excluding diaryl/α,β-unsaturated/α-hetero) is 3. The van der Waals surface area contributed by atoms with E-state index in [1.165, 1.54) is 25.3 Å². The first-order chi connectivity index (χ1) is 25.8. The molecule has 318 valence electrons. The molecule has 0 aromatic rings. The summed E-state index contributed by atoms with van der Waals surface area (Å²) in [5.74, 6) is -5.52. The van der Waals surface area contributed by atoms with Crippen molar-refractivity contribution in [1.29, 1.82) is 0 Å². The van der Waals surface area contributed by atoms with E-state index in [1.807, 2.05) is 25.8 Å². The Balaban J connectivity index is 0.00000130. The zero-order valence-corrected chi connectivity index (χ0v) is 35.9. The van der Waals surface area contributed by atoms with Gasteiger partial charge in [0.05, 0.1) is 18.3 Å². The number of rotatable bonds is 23. The van der Waals surface area contributed by atoms with Crippen molar-refractivity contribution in [1.82, 2.24) is 4.90 Å². The highest BCUT2D eigenvalue weighted by molar-refractivity contribution is 6.38. The van der Waals surface area contributed by atoms with Gasteiger partial charge in [-0.2, -0.15) is 0 Å². The van der Waals surface area contributed by atoms with Gasteiger partial charge < -0.3 is 29.9 Å². The lowest BCUT2D eigenvalue weighted by atomic mass is 9.84. The minimum Gasteiger partial charge on any atom is -0.480 e. The van der Waals surface area contributed by atoms with Crippen molar-refractivity contribution in [2.75, 3.05) is 27.8 Å². The Labute approximate surface area is 332 Å². The topological polar surface area (TPSA) is 171 Å². The number of carboxylic acids is 1. The number of methoxy groups -OCH3 is 2. The Kier molecular flexibility index (Phi) is 23.9. The maximum Gasteiger partial charge on any atom is 0.320 e. The van der Waals surface area contributed by atoms with Crippen molar-refractivity contribution in [3.8, 4) is 0 Å². The maximum absolute atomic E-state index is 13.2. The maximum atomic E-state index is 13.2. The number of ketones is 3. The van der Waals surface area contributed by atoms with Gasteiger partial charge in [0.1, 0.15) is 11.8 Å². The summed E-state index contributed by atoms with van der Waals surface area (Å²) >= 11 is 0. The average molecular weight is 780 g/mol. The van der Waals surface area contributed by atoms with Crippen LogP contribution in [0.1, 0.15) is 145 Å². The largest absolute Gasteiger partial charge is 0.480 e. The standard InChI is InChI=1S/C37H64O8.C7H13NO2/c1-10-31(35(40)23-34(39)27(5)18-26(4)19-30-14-12-16-33(22-30)45-9)20-25(3)17-24(2)13-11-15-32(44-8)21-28(6)37(42,43)36(41)29(7)38;1-8-5-3-2-4-6(8)7(9)10/h19-20,24,27-28,30-34,39,42-43H,10-18,21-23H2,1-9H3;6H,2-5H2,1H3,(H,9,10)/b25-20+,26-19+;/t24-,27+,28-,30+,31-,32-,33+,34?;6-/m10/s1. The zero-order chi connectivity index (χ0) is 41.9. The molecule has 2 rings (SSSR count). The number of ether oxygens (including phenoxy) is 2. The molecule has 1 aliphatic carbocycles. The smallest absolute Gasteiger partial charge is 0.320 e. The monoisotopic (exact) mass is 780 g/mol. The van der Waals surface area contributed by atoms with E-state index < -0.39 is 35.3 Å². The summed E-state index contributed by atoms with van der Waals surface area (Å²) in [7, 11) is 5.22. The highest BCUT2D eigenvalue weighted by Gasteiger charge is 2.42. The van der Waals surface area contributed by atoms with Crippen molar-refractivity contribution in [2.45, 2.75) is 175 Å². The Hall–Kier alpha value is -2.28. The molecule has 0 aromatic carbocycles. The molecule has 2 fully saturated rings. The van der Waals surface area contributed by atoms with Crippen molar-refractivity contribution in [3.63, 3.8) is 0 Å². The van der Waals surface area contributed by atoms with Crippen LogP contribution in [0.3, 0.4) is 0 Å². The minimum absolute atomic E-state index is 0.00864. The summed E-state index contributed by atoms with van der Waals surface area (Å²) in [5, 5.41) is 39.9. The zero-order valence-electron chi connectivity index (χ0n) is 35.9. The number of likely N-dealkylation sites (N-methyl/N-ethyl adjacent to an activating group) is 1. The molecule has 55 heavy (non-hydrogen) atoms. The number of allylic oxidation sites excluding steroid dienone is 4. The third-order valence-electron chi connectivity index (χ3n) is 11.8. The molecule has 1 aliphatic heterocycles. The number of carbonyl (C=O) groups excluding carboxylic acids is 3. The molecular formula is C44H77NO10. The first-order valence-electron chi connectivity index (χ1n) is 20.8. The predicted molar refractivity (Wildman–Crippen MR) is 216 cm³/mol. The van der Waals surface area contributed by atoms with E-state index in [4.69, 9.17) is 14.6 Å². The fraction of sp³-hybridized carbons (Fsp3) is 0.818. The van der Waals surface area contributed by atoms with Crippen LogP contribution in [0.25, 0.3) is 0 Å². The Morgan fingerprint density at radius 1 is 0.909 bits per heavy atom. The van der Waals surface area contributed by atoms with E-state index in [1.54, 1.807) is 14.2 Å². The first-order valence-corrected chi connectivity index (χ1v) is 20.8. The Morgan fingerprint density at radius 3 is 2.13 bits per heavy atom. The molecule has 2 aliphatic rings. The molecule has 1 saturated heterocycles. The Morgan fingerprint density at radius 2 is 1.58 bits per heavy atom. The van der Waals surface area contributed by atoms with E-state index in [0.29, 0.717) is 30.8 Å². The first kappa shape index (κ1) is 50.7. The number of aliphatic hydroxyl groups is 3. The lowest BCUT2D eigenvalue weighted by Gasteiger charge is -2.29. The number of piperidine rings is 1. The molecular weight excluding hydrogens is 702 g/mol. The fourth-order valence-corrected chi connectivity index (χ4v) is 8.18. The SMILES string of the molecule is CC[C@H](/C=C(\C)C[C@H](C)CCC[C@H](C[C@@H](C)C(O)(O)C(=O)C(C)=O)OC)C(=O)CC(O)[C@@H](C)C/C(C)=C/[C@@H]1CCC[C@H](OC)C1.CN1CCCC[C@H]1C(=O)O. The number of aliphatic hydroxyl groups excluding tert-OH is 1. The van der Waals surface area contributed by atoms with Crippen LogP contribution in [-0.2, 0) is 28.7 Å². The van der Waals surface area contributed by atoms with E-state index >= 15 is 0 Å². The highest BCUT2D eigenvalue weighted by atomic mass is 16.5. The van der Waals surface area contributed by atoms with Crippen LogP contribution in [0.2, 0.25) is 0 Å². The molecule has 0 spiro atoms. The van der Waals surface area contributed by atoms with Gasteiger partial charge in [0.25, 0.3) is 5.78 Å². The normalized spacial score (nSPS) is 23.4. The number of hydrogen-bond acceptors (Lipinski definition) is 10. The molecule has 1 saturated carbocycles. The van der Waals surface area contributed by atoms with Gasteiger partial charge >= 0.3 is 5.97 Å². The van der Waals surface area contributed by atoms with E-state index in [9.17, 15) is 34.5 Å². The summed E-state index contributed by atoms with van der Waals surface area (Å²) in [5.41, 5.74) is 2.44. The molecule has 11 heteroatoms. The molecule has 1 heterocycles. The molecule has 0 bridgehead atoms. The van der Waals surface area contributed by atoms with Gasteiger partial charge in [-0.1, -0.05) is 76.7 Å². The van der Waals surface area contributed by atoms with Gasteiger partial charge in [-0.3, -0.25) is 24.1 Å². The summed E-state index contributed by atoms with van der Waals surface area (Å²) in [4.78, 5) is 48.8. The van der Waals surface area contributed by atoms with E-state index in [-0.39, 0.29) is 42.6 Å². The second-order valence-corrected chi connectivity index (χ2v) is 16.9. The van der Waals surface area contributed by atoms with Gasteiger partial charge in [0.2, 0.25) is 11.6 Å². The van der Waals surface area contributed by atoms with Gasteiger partial charge in [0.15, 0.2) is 0 Å². The number of nitrogens with zero attached hydrogens (tertiary/aromatic N) is 1. The van der Waals surface area contributed by atoms with Gasteiger partial charge in [0, 0.05) is 39.4 Å². The summed E-state index contributed by atoms with van der Waals surface area (Å²) in [6.07, 6.45) is 16.6. The van der Waals surface area contributed by atoms with Crippen LogP contribution >= 0.6 is 0 Å². The number of hydrogen-bond donors (Lipinski definition) is 4. The molecule has 0 amide bonds. The van der Waals surface area contributed by atoms with Crippen LogP contribution in [0, 0.1) is 29.6 Å². The Bertz CT molecular complexity index is 1240. The number of carbonyl (C=O) groups is 4. The third kappa shape index (κ3) is 18.7. The lowest BCUT2D eigenvalue weighted by Crippen LogP contribution is -2.48. The third-order valence-corrected chi connectivity index (χ3v) is 11.8. The summed E-state index contributed by atoms with van der Waals surface area (Å²) < 4.78 is 11.1. The van der Waals surface area contributed by atoms with E-state index in [2.05, 4.69) is 32.9 Å². The molecule has 1 unspecified atom stereocenters. The number of carboxylic acid groups (broad SMARTS) is 1. The fourth-order valence-electron chi connectivity index (χ4n) is 8.18. The van der Waals surface area contributed by atoms with Crippen molar-refractivity contribution >= 4 is 23.3 Å². The average Bonchev–Trinajstić information content (AvgIpc) is 3.12. The molecule has 0 radical (unpaired) electrons. The van der Waals surface area contributed by atoms with Gasteiger partial charge in [-0.25, -0.2) is 0 Å². The van der Waals surface area contributed by atoms with Gasteiger partial charge in [-0.05, 0) is 109 Å². The number of likely N-dealkylation sites (tertiary alicyclic amines) is 1. The van der Waals surface area contributed by atoms with Crippen molar-refractivity contribution < 1.29 is 49.1 Å². The lowest BCUT2D eigenvalue weighted by molar-refractivity contribution is -0.204. The van der Waals surface area contributed by atoms with Crippen LogP contribution < -0.4 is 0 Å².